The van der Waals surface area contributed by atoms with Gasteiger partial charge in [-0.2, -0.15) is 0 Å². The number of carbonyl (C=O) groups excluding carboxylic acids is 1. The van der Waals surface area contributed by atoms with Crippen molar-refractivity contribution in [3.63, 3.8) is 0 Å². The molecule has 4 aromatic rings. The Hall–Kier alpha value is -3.39. The van der Waals surface area contributed by atoms with Gasteiger partial charge in [-0.15, -0.1) is 11.3 Å². The van der Waals surface area contributed by atoms with Gasteiger partial charge >= 0.3 is 0 Å². The Morgan fingerprint density at radius 1 is 0.941 bits per heavy atom. The number of hydrogen-bond donors (Lipinski definition) is 2. The first kappa shape index (κ1) is 22.4. The lowest BCUT2D eigenvalue weighted by molar-refractivity contribution is 0.0322. The molecule has 0 unspecified atom stereocenters. The molecule has 1 aliphatic heterocycles. The topological polar surface area (TPSA) is 79.2 Å². The summed E-state index contributed by atoms with van der Waals surface area (Å²) in [4.78, 5) is 16.7. The second kappa shape index (κ2) is 9.85. The standard InChI is InChI=1S/C27H25NO5S/c29-20-5-1-19(2-6-20)27-25(23-10-7-21(30)17-24(23)34-27)26(31)18-3-8-22(9-4-18)33-16-13-28-11-14-32-15-12-28/h1-10,17,29-30H,11-16H2. The number of thiophene rings is 1. The number of morpholine rings is 1. The van der Waals surface area contributed by atoms with Gasteiger partial charge in [0, 0.05) is 45.7 Å². The molecule has 5 rings (SSSR count). The summed E-state index contributed by atoms with van der Waals surface area (Å²) >= 11 is 1.45. The van der Waals surface area contributed by atoms with E-state index in [1.807, 2.05) is 12.1 Å². The highest BCUT2D eigenvalue weighted by Crippen LogP contribution is 2.41. The zero-order valence-electron chi connectivity index (χ0n) is 18.6. The SMILES string of the molecule is O=C(c1ccc(OCCN2CCOCC2)cc1)c1c(-c2ccc(O)cc2)sc2cc(O)ccc12. The third-order valence-corrected chi connectivity index (χ3v) is 7.13. The number of aromatic hydroxyl groups is 2. The van der Waals surface area contributed by atoms with Crippen molar-refractivity contribution in [1.82, 2.24) is 4.90 Å². The van der Waals surface area contributed by atoms with Crippen LogP contribution in [0.3, 0.4) is 0 Å². The van der Waals surface area contributed by atoms with Gasteiger partial charge in [-0.25, -0.2) is 0 Å². The van der Waals surface area contributed by atoms with E-state index in [-0.39, 0.29) is 17.3 Å². The van der Waals surface area contributed by atoms with Crippen molar-refractivity contribution in [1.29, 1.82) is 0 Å². The van der Waals surface area contributed by atoms with E-state index < -0.39 is 0 Å². The highest BCUT2D eigenvalue weighted by atomic mass is 32.1. The lowest BCUT2D eigenvalue weighted by Gasteiger charge is -2.26. The fourth-order valence-corrected chi connectivity index (χ4v) is 5.33. The monoisotopic (exact) mass is 475 g/mol. The van der Waals surface area contributed by atoms with Crippen LogP contribution in [0.2, 0.25) is 0 Å². The molecule has 0 atom stereocenters. The van der Waals surface area contributed by atoms with Crippen molar-refractivity contribution in [2.24, 2.45) is 0 Å². The molecule has 2 heterocycles. The van der Waals surface area contributed by atoms with Crippen LogP contribution in [0.5, 0.6) is 17.2 Å². The van der Waals surface area contributed by atoms with Crippen LogP contribution in [-0.2, 0) is 4.74 Å². The van der Waals surface area contributed by atoms with Gasteiger partial charge < -0.3 is 19.7 Å². The largest absolute Gasteiger partial charge is 0.508 e. The summed E-state index contributed by atoms with van der Waals surface area (Å²) in [5, 5.41) is 20.4. The third-order valence-electron chi connectivity index (χ3n) is 5.93. The van der Waals surface area contributed by atoms with Crippen LogP contribution in [0.15, 0.2) is 66.7 Å². The maximum Gasteiger partial charge on any atom is 0.195 e. The summed E-state index contributed by atoms with van der Waals surface area (Å²) in [5.41, 5.74) is 1.99. The number of ketones is 1. The quantitative estimate of drug-likeness (QED) is 0.370. The maximum absolute atomic E-state index is 13.6. The Kier molecular flexibility index (Phi) is 6.49. The minimum absolute atomic E-state index is 0.0973. The van der Waals surface area contributed by atoms with E-state index in [0.29, 0.717) is 17.7 Å². The molecular formula is C27H25NO5S. The maximum atomic E-state index is 13.6. The van der Waals surface area contributed by atoms with Crippen molar-refractivity contribution < 1.29 is 24.5 Å². The number of ether oxygens (including phenoxy) is 2. The molecular weight excluding hydrogens is 450 g/mol. The number of fused-ring (bicyclic) bond motifs is 1. The van der Waals surface area contributed by atoms with Gasteiger partial charge in [0.25, 0.3) is 0 Å². The molecule has 0 aliphatic carbocycles. The average molecular weight is 476 g/mol. The molecule has 0 amide bonds. The predicted molar refractivity (Wildman–Crippen MR) is 133 cm³/mol. The van der Waals surface area contributed by atoms with Crippen molar-refractivity contribution in [2.45, 2.75) is 0 Å². The van der Waals surface area contributed by atoms with Crippen LogP contribution in [0.1, 0.15) is 15.9 Å². The molecule has 1 saturated heterocycles. The van der Waals surface area contributed by atoms with E-state index in [1.54, 1.807) is 54.6 Å². The summed E-state index contributed by atoms with van der Waals surface area (Å²) in [6, 6.07) is 19.1. The number of nitrogens with zero attached hydrogens (tertiary/aromatic N) is 1. The third kappa shape index (κ3) is 4.77. The molecule has 0 saturated carbocycles. The van der Waals surface area contributed by atoms with E-state index in [0.717, 1.165) is 59.1 Å². The molecule has 3 aromatic carbocycles. The van der Waals surface area contributed by atoms with Crippen LogP contribution < -0.4 is 4.74 Å². The van der Waals surface area contributed by atoms with Crippen molar-refractivity contribution in [3.05, 3.63) is 77.9 Å². The number of phenols is 2. The summed E-state index contributed by atoms with van der Waals surface area (Å²) in [7, 11) is 0. The number of phenolic OH excluding ortho intramolecular Hbond substituents is 2. The molecule has 0 spiro atoms. The van der Waals surface area contributed by atoms with Crippen LogP contribution in [0.4, 0.5) is 0 Å². The van der Waals surface area contributed by atoms with Crippen molar-refractivity contribution in [2.75, 3.05) is 39.5 Å². The molecule has 34 heavy (non-hydrogen) atoms. The molecule has 1 aromatic heterocycles. The smallest absolute Gasteiger partial charge is 0.195 e. The van der Waals surface area contributed by atoms with Crippen molar-refractivity contribution in [3.8, 4) is 27.7 Å². The van der Waals surface area contributed by atoms with Gasteiger partial charge in [0.05, 0.1) is 13.2 Å². The van der Waals surface area contributed by atoms with E-state index in [4.69, 9.17) is 9.47 Å². The molecule has 2 N–H and O–H groups in total. The zero-order valence-corrected chi connectivity index (χ0v) is 19.4. The Morgan fingerprint density at radius 2 is 1.65 bits per heavy atom. The average Bonchev–Trinajstić information content (AvgIpc) is 3.23. The number of benzene rings is 3. The fourth-order valence-electron chi connectivity index (χ4n) is 4.09. The first-order valence-corrected chi connectivity index (χ1v) is 12.0. The van der Waals surface area contributed by atoms with Crippen LogP contribution in [0.25, 0.3) is 20.5 Å². The summed E-state index contributed by atoms with van der Waals surface area (Å²) in [6.07, 6.45) is 0. The fraction of sp³-hybridized carbons (Fsp3) is 0.222. The molecule has 0 bridgehead atoms. The van der Waals surface area contributed by atoms with E-state index >= 15 is 0 Å². The summed E-state index contributed by atoms with van der Waals surface area (Å²) in [6.45, 7) is 4.80. The molecule has 174 valence electrons. The van der Waals surface area contributed by atoms with E-state index in [9.17, 15) is 15.0 Å². The molecule has 1 aliphatic rings. The minimum Gasteiger partial charge on any atom is -0.508 e. The van der Waals surface area contributed by atoms with Gasteiger partial charge in [0.2, 0.25) is 0 Å². The highest BCUT2D eigenvalue weighted by molar-refractivity contribution is 7.22. The Morgan fingerprint density at radius 3 is 2.38 bits per heavy atom. The number of rotatable bonds is 7. The van der Waals surface area contributed by atoms with E-state index in [1.165, 1.54) is 11.3 Å². The van der Waals surface area contributed by atoms with Gasteiger partial charge in [0.15, 0.2) is 5.78 Å². The minimum atomic E-state index is -0.0973. The zero-order chi connectivity index (χ0) is 23.5. The summed E-state index contributed by atoms with van der Waals surface area (Å²) < 4.78 is 12.1. The normalized spacial score (nSPS) is 14.4. The van der Waals surface area contributed by atoms with Gasteiger partial charge in [-0.1, -0.05) is 0 Å². The second-order valence-electron chi connectivity index (χ2n) is 8.19. The highest BCUT2D eigenvalue weighted by Gasteiger charge is 2.22. The lowest BCUT2D eigenvalue weighted by Crippen LogP contribution is -2.38. The molecule has 6 nitrogen and oxygen atoms in total. The number of carbonyl (C=O) groups is 1. The predicted octanol–water partition coefficient (Wildman–Crippen LogP) is 4.92. The molecule has 1 fully saturated rings. The Balaban J connectivity index is 1.39. The number of hydrogen-bond acceptors (Lipinski definition) is 7. The molecule has 0 radical (unpaired) electrons. The lowest BCUT2D eigenvalue weighted by atomic mass is 9.97. The van der Waals surface area contributed by atoms with Gasteiger partial charge in [-0.05, 0) is 72.3 Å². The Labute approximate surface area is 201 Å². The first-order valence-electron chi connectivity index (χ1n) is 11.2. The summed E-state index contributed by atoms with van der Waals surface area (Å²) in [5.74, 6) is 0.951. The van der Waals surface area contributed by atoms with Gasteiger partial charge in [0.1, 0.15) is 23.9 Å². The first-order chi connectivity index (χ1) is 16.6. The van der Waals surface area contributed by atoms with E-state index in [2.05, 4.69) is 4.90 Å². The van der Waals surface area contributed by atoms with Crippen molar-refractivity contribution >= 4 is 27.2 Å². The van der Waals surface area contributed by atoms with Crippen LogP contribution >= 0.6 is 11.3 Å². The van der Waals surface area contributed by atoms with Crippen LogP contribution in [-0.4, -0.2) is 60.4 Å². The molecule has 7 heteroatoms. The van der Waals surface area contributed by atoms with Crippen LogP contribution in [0, 0.1) is 0 Å². The van der Waals surface area contributed by atoms with Gasteiger partial charge in [-0.3, -0.25) is 9.69 Å². The second-order valence-corrected chi connectivity index (χ2v) is 9.24. The Bertz CT molecular complexity index is 1290.